The van der Waals surface area contributed by atoms with Crippen LogP contribution in [0, 0.1) is 17.2 Å². The molecule has 3 aromatic rings. The Morgan fingerprint density at radius 1 is 1.24 bits per heavy atom. The van der Waals surface area contributed by atoms with E-state index in [0.717, 1.165) is 19.5 Å². The zero-order chi connectivity index (χ0) is 17.2. The van der Waals surface area contributed by atoms with Gasteiger partial charge in [-0.2, -0.15) is 5.26 Å². The molecule has 4 heteroatoms. The van der Waals surface area contributed by atoms with E-state index in [4.69, 9.17) is 4.42 Å². The average molecular weight is 331 g/mol. The molecule has 0 bridgehead atoms. The van der Waals surface area contributed by atoms with Gasteiger partial charge in [0.05, 0.1) is 6.42 Å². The molecule has 1 atom stereocenters. The summed E-state index contributed by atoms with van der Waals surface area (Å²) in [5.41, 5.74) is 1.58. The second kappa shape index (κ2) is 6.60. The van der Waals surface area contributed by atoms with Crippen LogP contribution in [0.3, 0.4) is 0 Å². The number of hydrogen-bond donors (Lipinski definition) is 0. The Hall–Kier alpha value is -2.80. The van der Waals surface area contributed by atoms with Gasteiger partial charge >= 0.3 is 0 Å². The van der Waals surface area contributed by atoms with Gasteiger partial charge in [-0.3, -0.25) is 0 Å². The Labute approximate surface area is 147 Å². The molecule has 1 aliphatic rings. The summed E-state index contributed by atoms with van der Waals surface area (Å²) >= 11 is 0. The van der Waals surface area contributed by atoms with E-state index in [-0.39, 0.29) is 0 Å². The number of nitrogens with zero attached hydrogens (tertiary/aromatic N) is 3. The van der Waals surface area contributed by atoms with E-state index in [0.29, 0.717) is 29.8 Å². The zero-order valence-electron chi connectivity index (χ0n) is 14.4. The molecule has 2 aromatic carbocycles. The minimum absolute atomic E-state index is 0.407. The van der Waals surface area contributed by atoms with E-state index >= 15 is 0 Å². The maximum Gasteiger partial charge on any atom is 0.234 e. The van der Waals surface area contributed by atoms with E-state index in [9.17, 15) is 5.26 Å². The molecule has 1 fully saturated rings. The summed E-state index contributed by atoms with van der Waals surface area (Å²) in [5.74, 6) is 1.87. The second-order valence-electron chi connectivity index (χ2n) is 6.88. The molecule has 2 heterocycles. The fraction of sp³-hybridized carbons (Fsp3) is 0.333. The van der Waals surface area contributed by atoms with Gasteiger partial charge in [-0.05, 0) is 35.1 Å². The maximum absolute atomic E-state index is 9.47. The highest BCUT2D eigenvalue weighted by atomic mass is 16.4. The molecule has 0 saturated carbocycles. The topological polar surface area (TPSA) is 53.1 Å². The molecular formula is C21H21N3O. The lowest BCUT2D eigenvalue weighted by atomic mass is 10.0. The lowest BCUT2D eigenvalue weighted by Crippen LogP contribution is -2.34. The average Bonchev–Trinajstić information content (AvgIpc) is 3.05. The second-order valence-corrected chi connectivity index (χ2v) is 6.88. The van der Waals surface area contributed by atoms with Crippen LogP contribution in [0.4, 0.5) is 5.88 Å². The number of anilines is 1. The molecule has 4 nitrogen and oxygen atoms in total. The van der Waals surface area contributed by atoms with E-state index in [1.54, 1.807) is 0 Å². The summed E-state index contributed by atoms with van der Waals surface area (Å²) in [6.07, 6.45) is 2.96. The number of piperidine rings is 1. The molecule has 1 aliphatic heterocycles. The van der Waals surface area contributed by atoms with Crippen molar-refractivity contribution in [2.75, 3.05) is 18.0 Å². The Morgan fingerprint density at radius 2 is 2.08 bits per heavy atom. The maximum atomic E-state index is 9.47. The molecule has 0 amide bonds. The van der Waals surface area contributed by atoms with Crippen molar-refractivity contribution in [2.45, 2.75) is 26.2 Å². The van der Waals surface area contributed by atoms with Crippen LogP contribution in [0.5, 0.6) is 0 Å². The standard InChI is InChI=1S/C21H21N3O/c1-15-6-5-11-24(14-15)21-19(13-22)23-20(25-21)12-17-9-4-8-16-7-2-3-10-18(16)17/h2-4,7-10,15H,5-6,11-12,14H2,1H3/t15-/m1/s1. The van der Waals surface area contributed by atoms with E-state index in [1.807, 2.05) is 12.1 Å². The first-order valence-corrected chi connectivity index (χ1v) is 8.86. The molecule has 0 aliphatic carbocycles. The van der Waals surface area contributed by atoms with Crippen molar-refractivity contribution in [1.82, 2.24) is 4.98 Å². The molecule has 126 valence electrons. The van der Waals surface area contributed by atoms with Crippen molar-refractivity contribution in [1.29, 1.82) is 5.26 Å². The van der Waals surface area contributed by atoms with Gasteiger partial charge in [-0.1, -0.05) is 49.4 Å². The van der Waals surface area contributed by atoms with Crippen molar-refractivity contribution in [3.8, 4) is 6.07 Å². The number of oxazole rings is 1. The Morgan fingerprint density at radius 3 is 2.92 bits per heavy atom. The number of aromatic nitrogens is 1. The molecule has 0 N–H and O–H groups in total. The molecular weight excluding hydrogens is 310 g/mol. The monoisotopic (exact) mass is 331 g/mol. The van der Waals surface area contributed by atoms with Gasteiger partial charge in [0.1, 0.15) is 6.07 Å². The molecule has 0 spiro atoms. The summed E-state index contributed by atoms with van der Waals surface area (Å²) in [7, 11) is 0. The third-order valence-corrected chi connectivity index (χ3v) is 4.93. The zero-order valence-corrected chi connectivity index (χ0v) is 14.4. The molecule has 0 unspecified atom stereocenters. The molecule has 25 heavy (non-hydrogen) atoms. The number of fused-ring (bicyclic) bond motifs is 1. The van der Waals surface area contributed by atoms with Crippen molar-refractivity contribution in [3.63, 3.8) is 0 Å². The predicted octanol–water partition coefficient (Wildman–Crippen LogP) is 4.53. The summed E-state index contributed by atoms with van der Waals surface area (Å²) in [6, 6.07) is 16.8. The fourth-order valence-corrected chi connectivity index (χ4v) is 3.70. The van der Waals surface area contributed by atoms with Crippen molar-refractivity contribution in [2.24, 2.45) is 5.92 Å². The first kappa shape index (κ1) is 15.7. The summed E-state index contributed by atoms with van der Waals surface area (Å²) in [6.45, 7) is 4.10. The van der Waals surface area contributed by atoms with Gasteiger partial charge in [0.2, 0.25) is 17.5 Å². The predicted molar refractivity (Wildman–Crippen MR) is 98.6 cm³/mol. The summed E-state index contributed by atoms with van der Waals surface area (Å²) < 4.78 is 6.04. The Bertz CT molecular complexity index is 932. The number of hydrogen-bond acceptors (Lipinski definition) is 4. The van der Waals surface area contributed by atoms with Crippen molar-refractivity contribution < 1.29 is 4.42 Å². The molecule has 1 aromatic heterocycles. The number of benzene rings is 2. The molecule has 0 radical (unpaired) electrons. The fourth-order valence-electron chi connectivity index (χ4n) is 3.70. The summed E-state index contributed by atoms with van der Waals surface area (Å²) in [4.78, 5) is 6.63. The SMILES string of the molecule is C[C@@H]1CCCN(c2oc(Cc3cccc4ccccc34)nc2C#N)C1. The smallest absolute Gasteiger partial charge is 0.234 e. The highest BCUT2D eigenvalue weighted by molar-refractivity contribution is 5.85. The van der Waals surface area contributed by atoms with E-state index < -0.39 is 0 Å². The third kappa shape index (κ3) is 3.10. The van der Waals surface area contributed by atoms with Crippen LogP contribution in [0.25, 0.3) is 10.8 Å². The van der Waals surface area contributed by atoms with Crippen LogP contribution in [-0.4, -0.2) is 18.1 Å². The van der Waals surface area contributed by atoms with Gasteiger partial charge in [0.15, 0.2) is 0 Å². The normalized spacial score (nSPS) is 17.6. The van der Waals surface area contributed by atoms with Crippen molar-refractivity contribution in [3.05, 3.63) is 59.6 Å². The highest BCUT2D eigenvalue weighted by Crippen LogP contribution is 2.29. The van der Waals surface area contributed by atoms with Crippen LogP contribution >= 0.6 is 0 Å². The van der Waals surface area contributed by atoms with Gasteiger partial charge < -0.3 is 9.32 Å². The third-order valence-electron chi connectivity index (χ3n) is 4.93. The van der Waals surface area contributed by atoms with Crippen LogP contribution in [0.15, 0.2) is 46.9 Å². The molecule has 1 saturated heterocycles. The summed E-state index contributed by atoms with van der Waals surface area (Å²) in [5, 5.41) is 11.9. The van der Waals surface area contributed by atoms with Crippen molar-refractivity contribution >= 4 is 16.7 Å². The van der Waals surface area contributed by atoms with E-state index in [1.165, 1.54) is 22.8 Å². The van der Waals surface area contributed by atoms with Gasteiger partial charge in [-0.25, -0.2) is 4.98 Å². The molecule has 4 rings (SSSR count). The van der Waals surface area contributed by atoms with Gasteiger partial charge in [-0.15, -0.1) is 0 Å². The quantitative estimate of drug-likeness (QED) is 0.708. The highest BCUT2D eigenvalue weighted by Gasteiger charge is 2.24. The minimum Gasteiger partial charge on any atom is -0.423 e. The number of rotatable bonds is 3. The van der Waals surface area contributed by atoms with Crippen LogP contribution in [-0.2, 0) is 6.42 Å². The van der Waals surface area contributed by atoms with Gasteiger partial charge in [0, 0.05) is 13.1 Å². The lowest BCUT2D eigenvalue weighted by molar-refractivity contribution is 0.412. The minimum atomic E-state index is 0.407. The van der Waals surface area contributed by atoms with E-state index in [2.05, 4.69) is 53.2 Å². The lowest BCUT2D eigenvalue weighted by Gasteiger charge is -2.30. The first-order valence-electron chi connectivity index (χ1n) is 8.86. The Kier molecular flexibility index (Phi) is 4.15. The van der Waals surface area contributed by atoms with Crippen LogP contribution in [0.2, 0.25) is 0 Å². The van der Waals surface area contributed by atoms with Crippen LogP contribution < -0.4 is 4.90 Å². The van der Waals surface area contributed by atoms with Crippen LogP contribution in [0.1, 0.15) is 36.9 Å². The largest absolute Gasteiger partial charge is 0.423 e. The number of nitriles is 1. The van der Waals surface area contributed by atoms with Gasteiger partial charge in [0.25, 0.3) is 0 Å². The Balaban J connectivity index is 1.66. The first-order chi connectivity index (χ1) is 12.2.